The van der Waals surface area contributed by atoms with Crippen LogP contribution < -0.4 is 0 Å². The van der Waals surface area contributed by atoms with E-state index in [1.807, 2.05) is 0 Å². The molecule has 0 atom stereocenters. The lowest BCUT2D eigenvalue weighted by Crippen LogP contribution is -2.31. The number of benzene rings is 1. The molecule has 0 aliphatic heterocycles. The number of terminal acetylenes is 1. The average Bonchev–Trinajstić information content (AvgIpc) is 2.35. The van der Waals surface area contributed by atoms with E-state index in [-0.39, 0.29) is 23.5 Å². The van der Waals surface area contributed by atoms with E-state index >= 15 is 0 Å². The van der Waals surface area contributed by atoms with Crippen molar-refractivity contribution in [2.75, 3.05) is 13.1 Å². The van der Waals surface area contributed by atoms with Crippen LogP contribution in [0.15, 0.2) is 23.1 Å². The minimum atomic E-state index is -3.77. The van der Waals surface area contributed by atoms with Crippen LogP contribution in [-0.4, -0.2) is 36.9 Å². The molecule has 0 saturated heterocycles. The zero-order chi connectivity index (χ0) is 14.6. The molecule has 0 aromatic heterocycles. The minimum absolute atomic E-state index is 0.0236. The Hall–Kier alpha value is -1.84. The maximum atomic E-state index is 12.4. The highest BCUT2D eigenvalue weighted by Crippen LogP contribution is 2.21. The van der Waals surface area contributed by atoms with E-state index in [1.165, 1.54) is 12.1 Å². The highest BCUT2D eigenvalue weighted by Gasteiger charge is 2.25. The Balaban J connectivity index is 3.39. The highest BCUT2D eigenvalue weighted by atomic mass is 32.2. The smallest absolute Gasteiger partial charge is 0.335 e. The van der Waals surface area contributed by atoms with Gasteiger partial charge in [0.15, 0.2) is 0 Å². The molecule has 0 amide bonds. The molecule has 0 bridgehead atoms. The Morgan fingerprint density at radius 2 is 2.11 bits per heavy atom. The molecule has 0 aliphatic carbocycles. The van der Waals surface area contributed by atoms with Crippen molar-refractivity contribution >= 4 is 16.0 Å². The zero-order valence-corrected chi connectivity index (χ0v) is 11.6. The minimum Gasteiger partial charge on any atom is -0.478 e. The molecular weight excluding hydrogens is 266 g/mol. The third-order valence-corrected chi connectivity index (χ3v) is 4.74. The molecule has 0 saturated carbocycles. The molecule has 0 spiro atoms. The topological polar surface area (TPSA) is 74.7 Å². The Bertz CT molecular complexity index is 629. The van der Waals surface area contributed by atoms with Gasteiger partial charge in [0.2, 0.25) is 10.0 Å². The van der Waals surface area contributed by atoms with Crippen LogP contribution in [0.2, 0.25) is 0 Å². The zero-order valence-electron chi connectivity index (χ0n) is 10.8. The molecule has 1 aromatic carbocycles. The second-order valence-corrected chi connectivity index (χ2v) is 5.83. The molecule has 1 N–H and O–H groups in total. The number of aryl methyl sites for hydroxylation is 1. The molecule has 0 unspecified atom stereocenters. The number of nitrogens with zero attached hydrogens (tertiary/aromatic N) is 1. The first-order valence-corrected chi connectivity index (χ1v) is 7.06. The maximum absolute atomic E-state index is 12.4. The lowest BCUT2D eigenvalue weighted by molar-refractivity contribution is 0.0696. The van der Waals surface area contributed by atoms with Crippen molar-refractivity contribution < 1.29 is 18.3 Å². The van der Waals surface area contributed by atoms with E-state index in [0.717, 1.165) is 10.4 Å². The second-order valence-electron chi connectivity index (χ2n) is 3.92. The molecule has 0 heterocycles. The summed E-state index contributed by atoms with van der Waals surface area (Å²) in [5.41, 5.74) is 0.418. The van der Waals surface area contributed by atoms with Crippen LogP contribution in [0.5, 0.6) is 0 Å². The fourth-order valence-corrected chi connectivity index (χ4v) is 3.23. The van der Waals surface area contributed by atoms with Crippen molar-refractivity contribution in [1.29, 1.82) is 0 Å². The normalized spacial score (nSPS) is 11.3. The van der Waals surface area contributed by atoms with Gasteiger partial charge in [0.25, 0.3) is 0 Å². The van der Waals surface area contributed by atoms with E-state index in [9.17, 15) is 13.2 Å². The SMILES string of the molecule is C#CCN(CC)S(=O)(=O)c1cc(C(=O)O)ccc1C. The van der Waals surface area contributed by atoms with Gasteiger partial charge in [-0.25, -0.2) is 13.2 Å². The number of carbonyl (C=O) groups is 1. The van der Waals surface area contributed by atoms with Gasteiger partial charge in [-0.05, 0) is 24.6 Å². The standard InChI is InChI=1S/C13H15NO4S/c1-4-8-14(5-2)19(17,18)12-9-11(13(15)16)7-6-10(12)3/h1,6-7,9H,5,8H2,2-3H3,(H,15,16). The molecule has 0 radical (unpaired) electrons. The molecule has 5 nitrogen and oxygen atoms in total. The first-order valence-electron chi connectivity index (χ1n) is 5.62. The van der Waals surface area contributed by atoms with E-state index in [0.29, 0.717) is 5.56 Å². The largest absolute Gasteiger partial charge is 0.478 e. The van der Waals surface area contributed by atoms with Crippen LogP contribution in [0.25, 0.3) is 0 Å². The molecule has 1 rings (SSSR count). The van der Waals surface area contributed by atoms with Gasteiger partial charge in [0.05, 0.1) is 17.0 Å². The lowest BCUT2D eigenvalue weighted by atomic mass is 10.1. The molecule has 6 heteroatoms. The summed E-state index contributed by atoms with van der Waals surface area (Å²) in [6.07, 6.45) is 5.15. The predicted octanol–water partition coefficient (Wildman–Crippen LogP) is 1.34. The van der Waals surface area contributed by atoms with E-state index in [2.05, 4.69) is 5.92 Å². The van der Waals surface area contributed by atoms with Crippen molar-refractivity contribution in [3.63, 3.8) is 0 Å². The van der Waals surface area contributed by atoms with E-state index in [4.69, 9.17) is 11.5 Å². The van der Waals surface area contributed by atoms with Crippen LogP contribution in [0.1, 0.15) is 22.8 Å². The van der Waals surface area contributed by atoms with Gasteiger partial charge in [-0.1, -0.05) is 18.9 Å². The first-order chi connectivity index (χ1) is 8.84. The summed E-state index contributed by atoms with van der Waals surface area (Å²) in [7, 11) is -3.77. The predicted molar refractivity (Wildman–Crippen MR) is 71.4 cm³/mol. The molecule has 19 heavy (non-hydrogen) atoms. The van der Waals surface area contributed by atoms with Crippen molar-refractivity contribution in [3.05, 3.63) is 29.3 Å². The van der Waals surface area contributed by atoms with Gasteiger partial charge < -0.3 is 5.11 Å². The van der Waals surface area contributed by atoms with Crippen molar-refractivity contribution in [1.82, 2.24) is 4.31 Å². The summed E-state index contributed by atoms with van der Waals surface area (Å²) in [6, 6.07) is 4.00. The summed E-state index contributed by atoms with van der Waals surface area (Å²) >= 11 is 0. The van der Waals surface area contributed by atoms with Crippen LogP contribution in [0.4, 0.5) is 0 Å². The van der Waals surface area contributed by atoms with Gasteiger partial charge in [-0.15, -0.1) is 6.42 Å². The van der Waals surface area contributed by atoms with Crippen LogP contribution in [0, 0.1) is 19.3 Å². The van der Waals surface area contributed by atoms with Gasteiger partial charge in [0.1, 0.15) is 0 Å². The number of aromatic carboxylic acids is 1. The van der Waals surface area contributed by atoms with Crippen LogP contribution in [0.3, 0.4) is 0 Å². The Kier molecular flexibility index (Phi) is 4.70. The number of rotatable bonds is 5. The van der Waals surface area contributed by atoms with Gasteiger partial charge in [-0.2, -0.15) is 4.31 Å². The third-order valence-electron chi connectivity index (χ3n) is 2.67. The third kappa shape index (κ3) is 3.13. The van der Waals surface area contributed by atoms with E-state index < -0.39 is 16.0 Å². The summed E-state index contributed by atoms with van der Waals surface area (Å²) in [5.74, 6) is 1.11. The first kappa shape index (κ1) is 15.2. The summed E-state index contributed by atoms with van der Waals surface area (Å²) < 4.78 is 25.9. The van der Waals surface area contributed by atoms with Crippen molar-refractivity contribution in [3.8, 4) is 12.3 Å². The number of carboxylic acids is 1. The highest BCUT2D eigenvalue weighted by molar-refractivity contribution is 7.89. The van der Waals surface area contributed by atoms with Gasteiger partial charge >= 0.3 is 5.97 Å². The number of hydrogen-bond donors (Lipinski definition) is 1. The number of carboxylic acid groups (broad SMARTS) is 1. The van der Waals surface area contributed by atoms with Gasteiger partial charge in [0, 0.05) is 6.54 Å². The number of hydrogen-bond acceptors (Lipinski definition) is 3. The van der Waals surface area contributed by atoms with Crippen molar-refractivity contribution in [2.24, 2.45) is 0 Å². The monoisotopic (exact) mass is 281 g/mol. The summed E-state index contributed by atoms with van der Waals surface area (Å²) in [4.78, 5) is 10.9. The lowest BCUT2D eigenvalue weighted by Gasteiger charge is -2.19. The molecule has 1 aromatic rings. The Morgan fingerprint density at radius 3 is 2.58 bits per heavy atom. The van der Waals surface area contributed by atoms with Crippen molar-refractivity contribution in [2.45, 2.75) is 18.7 Å². The fraction of sp³-hybridized carbons (Fsp3) is 0.308. The Labute approximate surface area is 112 Å². The quantitative estimate of drug-likeness (QED) is 0.826. The van der Waals surface area contributed by atoms with E-state index in [1.54, 1.807) is 13.8 Å². The number of sulfonamides is 1. The molecule has 102 valence electrons. The fourth-order valence-electron chi connectivity index (χ4n) is 1.62. The molecule has 0 aliphatic rings. The second kappa shape index (κ2) is 5.87. The van der Waals surface area contributed by atoms with Gasteiger partial charge in [-0.3, -0.25) is 0 Å². The molecular formula is C13H15NO4S. The average molecular weight is 281 g/mol. The molecule has 0 fully saturated rings. The summed E-state index contributed by atoms with van der Waals surface area (Å²) in [6.45, 7) is 3.46. The summed E-state index contributed by atoms with van der Waals surface area (Å²) in [5, 5.41) is 8.92. The maximum Gasteiger partial charge on any atom is 0.335 e. The van der Waals surface area contributed by atoms with Crippen LogP contribution >= 0.6 is 0 Å². The Morgan fingerprint density at radius 1 is 1.47 bits per heavy atom. The van der Waals surface area contributed by atoms with Crippen LogP contribution in [-0.2, 0) is 10.0 Å².